The molecule has 0 aliphatic rings. The molecule has 0 unspecified atom stereocenters. The Balaban J connectivity index is -0.000000285. The molecule has 1 rings (SSSR count). The molecular formula is C15H28ClF. The van der Waals surface area contributed by atoms with Crippen molar-refractivity contribution < 1.29 is 4.39 Å². The van der Waals surface area contributed by atoms with Gasteiger partial charge in [-0.1, -0.05) is 72.2 Å². The summed E-state index contributed by atoms with van der Waals surface area (Å²) < 4.78 is 13.0. The molecule has 0 radical (unpaired) electrons. The predicted octanol–water partition coefficient (Wildman–Crippen LogP) is 6.43. The number of benzene rings is 1. The summed E-state index contributed by atoms with van der Waals surface area (Å²) in [5, 5.41) is 0.271. The van der Waals surface area contributed by atoms with Crippen LogP contribution < -0.4 is 0 Å². The minimum atomic E-state index is -0.286. The van der Waals surface area contributed by atoms with Crippen LogP contribution in [0, 0.1) is 12.7 Å². The Morgan fingerprint density at radius 3 is 1.76 bits per heavy atom. The van der Waals surface area contributed by atoms with Crippen molar-refractivity contribution in [1.29, 1.82) is 0 Å². The lowest BCUT2D eigenvalue weighted by Gasteiger charge is -2.03. The molecule has 17 heavy (non-hydrogen) atoms. The predicted molar refractivity (Wildman–Crippen MR) is 79.6 cm³/mol. The van der Waals surface area contributed by atoms with Crippen LogP contribution in [0.1, 0.15) is 59.6 Å². The highest BCUT2D eigenvalue weighted by Crippen LogP contribution is 2.22. The Kier molecular flexibility index (Phi) is 19.7. The van der Waals surface area contributed by atoms with Gasteiger partial charge in [0.1, 0.15) is 5.82 Å². The number of halogens is 2. The van der Waals surface area contributed by atoms with Crippen LogP contribution in [0.3, 0.4) is 0 Å². The standard InChI is InChI=1S/C9H10ClF.3C2H6/c1-3-7-5-4-6(2)9(11)8(7)10;3*1-2/h4-5H,3H2,1-2H3;3*1-2H3. The summed E-state index contributed by atoms with van der Waals surface area (Å²) in [5.74, 6) is -0.286. The summed E-state index contributed by atoms with van der Waals surface area (Å²) in [5.41, 5.74) is 1.47. The van der Waals surface area contributed by atoms with E-state index in [1.54, 1.807) is 13.0 Å². The summed E-state index contributed by atoms with van der Waals surface area (Å²) in [6.07, 6.45) is 0.774. The average Bonchev–Trinajstić information content (AvgIpc) is 2.43. The second-order valence-electron chi connectivity index (χ2n) is 2.52. The molecule has 0 fully saturated rings. The maximum Gasteiger partial charge on any atom is 0.144 e. The van der Waals surface area contributed by atoms with Gasteiger partial charge in [0, 0.05) is 0 Å². The molecule has 0 saturated carbocycles. The van der Waals surface area contributed by atoms with E-state index in [1.165, 1.54) is 0 Å². The van der Waals surface area contributed by atoms with Crippen molar-refractivity contribution >= 4 is 11.6 Å². The van der Waals surface area contributed by atoms with E-state index in [0.29, 0.717) is 5.56 Å². The summed E-state index contributed by atoms with van der Waals surface area (Å²) in [6, 6.07) is 3.61. The van der Waals surface area contributed by atoms with Crippen molar-refractivity contribution in [2.45, 2.75) is 61.8 Å². The van der Waals surface area contributed by atoms with Gasteiger partial charge in [0.05, 0.1) is 5.02 Å². The molecular weight excluding hydrogens is 235 g/mol. The van der Waals surface area contributed by atoms with Gasteiger partial charge in [0.15, 0.2) is 0 Å². The molecule has 1 aromatic carbocycles. The first kappa shape index (κ1) is 21.7. The first-order chi connectivity index (χ1) is 8.16. The Bertz CT molecular complexity index is 270. The number of aryl methyl sites for hydroxylation is 2. The molecule has 0 saturated heterocycles. The van der Waals surface area contributed by atoms with Crippen LogP contribution in [0.5, 0.6) is 0 Å². The van der Waals surface area contributed by atoms with E-state index in [1.807, 2.05) is 54.5 Å². The number of hydrogen-bond acceptors (Lipinski definition) is 0. The molecule has 1 aromatic rings. The van der Waals surface area contributed by atoms with Crippen LogP contribution in [0.25, 0.3) is 0 Å². The summed E-state index contributed by atoms with van der Waals surface area (Å²) in [4.78, 5) is 0. The van der Waals surface area contributed by atoms with Crippen molar-refractivity contribution in [2.75, 3.05) is 0 Å². The zero-order valence-corrected chi connectivity index (χ0v) is 13.4. The van der Waals surface area contributed by atoms with E-state index in [4.69, 9.17) is 11.6 Å². The fourth-order valence-electron chi connectivity index (χ4n) is 0.959. The van der Waals surface area contributed by atoms with E-state index in [0.717, 1.165) is 12.0 Å². The van der Waals surface area contributed by atoms with Gasteiger partial charge in [0.25, 0.3) is 0 Å². The lowest BCUT2D eigenvalue weighted by molar-refractivity contribution is 0.617. The molecule has 0 aliphatic carbocycles. The van der Waals surface area contributed by atoms with Crippen LogP contribution in [0.2, 0.25) is 5.02 Å². The third-order valence-electron chi connectivity index (χ3n) is 1.74. The topological polar surface area (TPSA) is 0 Å². The van der Waals surface area contributed by atoms with Crippen LogP contribution >= 0.6 is 11.6 Å². The van der Waals surface area contributed by atoms with E-state index >= 15 is 0 Å². The van der Waals surface area contributed by atoms with Crippen LogP contribution in [0.4, 0.5) is 4.39 Å². The molecule has 0 heterocycles. The van der Waals surface area contributed by atoms with Gasteiger partial charge in [0.2, 0.25) is 0 Å². The molecule has 0 spiro atoms. The van der Waals surface area contributed by atoms with E-state index in [-0.39, 0.29) is 10.8 Å². The Morgan fingerprint density at radius 2 is 1.41 bits per heavy atom. The van der Waals surface area contributed by atoms with Gasteiger partial charge in [-0.2, -0.15) is 0 Å². The second-order valence-corrected chi connectivity index (χ2v) is 2.90. The first-order valence-corrected chi connectivity index (χ1v) is 6.98. The fourth-order valence-corrected chi connectivity index (χ4v) is 1.30. The van der Waals surface area contributed by atoms with Crippen LogP contribution in [0.15, 0.2) is 12.1 Å². The molecule has 0 aromatic heterocycles. The minimum Gasteiger partial charge on any atom is -0.205 e. The fraction of sp³-hybridized carbons (Fsp3) is 0.600. The monoisotopic (exact) mass is 262 g/mol. The molecule has 0 amide bonds. The average molecular weight is 263 g/mol. The largest absolute Gasteiger partial charge is 0.205 e. The highest BCUT2D eigenvalue weighted by Gasteiger charge is 2.06. The zero-order valence-electron chi connectivity index (χ0n) is 12.6. The van der Waals surface area contributed by atoms with Crippen LogP contribution in [-0.4, -0.2) is 0 Å². The normalized spacial score (nSPS) is 7.65. The van der Waals surface area contributed by atoms with Crippen molar-refractivity contribution in [3.05, 3.63) is 34.1 Å². The van der Waals surface area contributed by atoms with E-state index in [9.17, 15) is 4.39 Å². The Labute approximate surface area is 112 Å². The second kappa shape index (κ2) is 15.4. The molecule has 0 bridgehead atoms. The quantitative estimate of drug-likeness (QED) is 0.547. The van der Waals surface area contributed by atoms with Gasteiger partial charge < -0.3 is 0 Å². The molecule has 102 valence electrons. The van der Waals surface area contributed by atoms with Gasteiger partial charge in [-0.15, -0.1) is 0 Å². The highest BCUT2D eigenvalue weighted by atomic mass is 35.5. The van der Waals surface area contributed by atoms with Crippen molar-refractivity contribution in [2.24, 2.45) is 0 Å². The van der Waals surface area contributed by atoms with Gasteiger partial charge in [-0.25, -0.2) is 4.39 Å². The number of hydrogen-bond donors (Lipinski definition) is 0. The molecule has 0 aliphatic heterocycles. The first-order valence-electron chi connectivity index (χ1n) is 6.60. The van der Waals surface area contributed by atoms with Crippen molar-refractivity contribution in [3.63, 3.8) is 0 Å². The van der Waals surface area contributed by atoms with Crippen molar-refractivity contribution in [3.8, 4) is 0 Å². The van der Waals surface area contributed by atoms with Gasteiger partial charge in [-0.3, -0.25) is 0 Å². The van der Waals surface area contributed by atoms with E-state index in [2.05, 4.69) is 0 Å². The van der Waals surface area contributed by atoms with Gasteiger partial charge >= 0.3 is 0 Å². The summed E-state index contributed by atoms with van der Waals surface area (Å²) in [6.45, 7) is 15.7. The highest BCUT2D eigenvalue weighted by molar-refractivity contribution is 6.31. The Morgan fingerprint density at radius 1 is 1.00 bits per heavy atom. The Hall–Kier alpha value is -0.560. The third-order valence-corrected chi connectivity index (χ3v) is 2.14. The molecule has 0 N–H and O–H groups in total. The zero-order chi connectivity index (χ0) is 14.4. The van der Waals surface area contributed by atoms with Crippen molar-refractivity contribution in [1.82, 2.24) is 0 Å². The lowest BCUT2D eigenvalue weighted by Crippen LogP contribution is -1.89. The molecule has 0 nitrogen and oxygen atoms in total. The minimum absolute atomic E-state index is 0.271. The molecule has 2 heteroatoms. The van der Waals surface area contributed by atoms with E-state index < -0.39 is 0 Å². The van der Waals surface area contributed by atoms with Gasteiger partial charge in [-0.05, 0) is 24.5 Å². The smallest absolute Gasteiger partial charge is 0.144 e. The maximum atomic E-state index is 13.0. The third kappa shape index (κ3) is 8.20. The maximum absolute atomic E-state index is 13.0. The summed E-state index contributed by atoms with van der Waals surface area (Å²) >= 11 is 5.72. The van der Waals surface area contributed by atoms with Crippen LogP contribution in [-0.2, 0) is 6.42 Å². The molecule has 0 atom stereocenters. The summed E-state index contributed by atoms with van der Waals surface area (Å²) in [7, 11) is 0. The lowest BCUT2D eigenvalue weighted by atomic mass is 10.1. The SMILES string of the molecule is CC.CC.CC.CCc1ccc(C)c(F)c1Cl. The number of rotatable bonds is 1.